The largest absolute Gasteiger partial charge is 0.457 e. The number of rotatable bonds is 3. The number of aryl methyl sites for hydroxylation is 2. The molecule has 0 N–H and O–H groups in total. The van der Waals surface area contributed by atoms with Crippen molar-refractivity contribution in [1.29, 1.82) is 0 Å². The maximum absolute atomic E-state index is 12.0. The summed E-state index contributed by atoms with van der Waals surface area (Å²) in [6, 6.07) is 5.25. The van der Waals surface area contributed by atoms with Gasteiger partial charge in [0.15, 0.2) is 0 Å². The SMILES string of the molecule is Cc1cc(N2CCCC(OC(=O)c3ccco3)C2)nc(C)n1. The molecule has 0 aromatic carbocycles. The van der Waals surface area contributed by atoms with E-state index in [2.05, 4.69) is 14.9 Å². The Morgan fingerprint density at radius 1 is 1.41 bits per heavy atom. The van der Waals surface area contributed by atoms with Crippen LogP contribution in [0.25, 0.3) is 0 Å². The molecule has 1 aliphatic rings. The van der Waals surface area contributed by atoms with Crippen molar-refractivity contribution in [3.8, 4) is 0 Å². The number of piperidine rings is 1. The van der Waals surface area contributed by atoms with Gasteiger partial charge in [-0.2, -0.15) is 0 Å². The van der Waals surface area contributed by atoms with Crippen molar-refractivity contribution >= 4 is 11.8 Å². The number of hydrogen-bond donors (Lipinski definition) is 0. The Bertz CT molecular complexity index is 634. The summed E-state index contributed by atoms with van der Waals surface area (Å²) in [5.41, 5.74) is 0.942. The Morgan fingerprint density at radius 2 is 2.27 bits per heavy atom. The average Bonchev–Trinajstić information content (AvgIpc) is 3.01. The van der Waals surface area contributed by atoms with Gasteiger partial charge in [-0.25, -0.2) is 14.8 Å². The maximum Gasteiger partial charge on any atom is 0.374 e. The predicted octanol–water partition coefficient (Wildman–Crippen LogP) is 2.51. The molecule has 0 spiro atoms. The number of anilines is 1. The lowest BCUT2D eigenvalue weighted by atomic mass is 10.1. The van der Waals surface area contributed by atoms with Crippen molar-refractivity contribution in [3.63, 3.8) is 0 Å². The van der Waals surface area contributed by atoms with Gasteiger partial charge < -0.3 is 14.1 Å². The number of esters is 1. The van der Waals surface area contributed by atoms with Gasteiger partial charge in [0.25, 0.3) is 0 Å². The van der Waals surface area contributed by atoms with Gasteiger partial charge in [-0.1, -0.05) is 0 Å². The van der Waals surface area contributed by atoms with Gasteiger partial charge in [0.05, 0.1) is 12.8 Å². The van der Waals surface area contributed by atoms with Gasteiger partial charge in [0, 0.05) is 18.3 Å². The fourth-order valence-electron chi connectivity index (χ4n) is 2.71. The predicted molar refractivity (Wildman–Crippen MR) is 80.9 cm³/mol. The van der Waals surface area contributed by atoms with Gasteiger partial charge in [-0.05, 0) is 38.8 Å². The van der Waals surface area contributed by atoms with Gasteiger partial charge in [-0.15, -0.1) is 0 Å². The van der Waals surface area contributed by atoms with Crippen LogP contribution in [0, 0.1) is 13.8 Å². The standard InChI is InChI=1S/C16H19N3O3/c1-11-9-15(18-12(2)17-11)19-7-3-5-13(10-19)22-16(20)14-6-4-8-21-14/h4,6,8-9,13H,3,5,7,10H2,1-2H3. The molecular formula is C16H19N3O3. The molecule has 116 valence electrons. The van der Waals surface area contributed by atoms with Crippen LogP contribution in [0.15, 0.2) is 28.9 Å². The van der Waals surface area contributed by atoms with Crippen LogP contribution in [-0.2, 0) is 4.74 Å². The molecule has 0 saturated carbocycles. The molecule has 1 fully saturated rings. The monoisotopic (exact) mass is 301 g/mol. The highest BCUT2D eigenvalue weighted by molar-refractivity contribution is 5.86. The van der Waals surface area contributed by atoms with E-state index in [0.717, 1.165) is 36.7 Å². The highest BCUT2D eigenvalue weighted by Crippen LogP contribution is 2.21. The molecule has 2 aromatic heterocycles. The molecule has 1 unspecified atom stereocenters. The summed E-state index contributed by atoms with van der Waals surface area (Å²) >= 11 is 0. The zero-order valence-electron chi connectivity index (χ0n) is 12.8. The zero-order chi connectivity index (χ0) is 15.5. The summed E-state index contributed by atoms with van der Waals surface area (Å²) in [7, 11) is 0. The summed E-state index contributed by atoms with van der Waals surface area (Å²) in [5.74, 6) is 1.48. The van der Waals surface area contributed by atoms with Crippen LogP contribution >= 0.6 is 0 Å². The van der Waals surface area contributed by atoms with E-state index in [-0.39, 0.29) is 11.9 Å². The van der Waals surface area contributed by atoms with Crippen molar-refractivity contribution in [2.24, 2.45) is 0 Å². The average molecular weight is 301 g/mol. The van der Waals surface area contributed by atoms with Gasteiger partial charge in [-0.3, -0.25) is 0 Å². The van der Waals surface area contributed by atoms with Gasteiger partial charge >= 0.3 is 5.97 Å². The number of carbonyl (C=O) groups excluding carboxylic acids is 1. The number of furan rings is 1. The molecule has 3 rings (SSSR count). The van der Waals surface area contributed by atoms with E-state index in [4.69, 9.17) is 9.15 Å². The van der Waals surface area contributed by atoms with E-state index in [9.17, 15) is 4.79 Å². The van der Waals surface area contributed by atoms with Crippen molar-refractivity contribution in [2.45, 2.75) is 32.8 Å². The molecule has 1 atom stereocenters. The first kappa shape index (κ1) is 14.6. The van der Waals surface area contributed by atoms with E-state index in [0.29, 0.717) is 6.54 Å². The first-order chi connectivity index (χ1) is 10.6. The Hall–Kier alpha value is -2.37. The number of ether oxygens (including phenoxy) is 1. The first-order valence-electron chi connectivity index (χ1n) is 7.43. The quantitative estimate of drug-likeness (QED) is 0.811. The van der Waals surface area contributed by atoms with Crippen LogP contribution in [0.4, 0.5) is 5.82 Å². The van der Waals surface area contributed by atoms with E-state index in [1.54, 1.807) is 12.1 Å². The Kier molecular flexibility index (Phi) is 4.09. The lowest BCUT2D eigenvalue weighted by Crippen LogP contribution is -2.41. The fourth-order valence-corrected chi connectivity index (χ4v) is 2.71. The number of hydrogen-bond acceptors (Lipinski definition) is 6. The fraction of sp³-hybridized carbons (Fsp3) is 0.438. The molecule has 1 saturated heterocycles. The van der Waals surface area contributed by atoms with E-state index in [1.165, 1.54) is 6.26 Å². The Morgan fingerprint density at radius 3 is 3.00 bits per heavy atom. The number of carbonyl (C=O) groups is 1. The molecule has 0 bridgehead atoms. The molecular weight excluding hydrogens is 282 g/mol. The molecule has 3 heterocycles. The van der Waals surface area contributed by atoms with E-state index >= 15 is 0 Å². The normalized spacial score (nSPS) is 18.3. The second-order valence-corrected chi connectivity index (χ2v) is 5.51. The number of aromatic nitrogens is 2. The third-order valence-electron chi connectivity index (χ3n) is 3.65. The van der Waals surface area contributed by atoms with Crippen LogP contribution in [0.3, 0.4) is 0 Å². The minimum atomic E-state index is -0.410. The third kappa shape index (κ3) is 3.27. The molecule has 2 aromatic rings. The Labute approximate surface area is 129 Å². The van der Waals surface area contributed by atoms with Crippen LogP contribution in [-0.4, -0.2) is 35.1 Å². The summed E-state index contributed by atoms with van der Waals surface area (Å²) in [6.45, 7) is 5.39. The molecule has 22 heavy (non-hydrogen) atoms. The van der Waals surface area contributed by atoms with Crippen LogP contribution in [0.2, 0.25) is 0 Å². The van der Waals surface area contributed by atoms with Crippen LogP contribution < -0.4 is 4.90 Å². The van der Waals surface area contributed by atoms with E-state index < -0.39 is 5.97 Å². The minimum absolute atomic E-state index is 0.151. The molecule has 0 amide bonds. The Balaban J connectivity index is 1.67. The molecule has 0 aliphatic carbocycles. The van der Waals surface area contributed by atoms with Crippen LogP contribution in [0.5, 0.6) is 0 Å². The van der Waals surface area contributed by atoms with Crippen molar-refractivity contribution in [1.82, 2.24) is 9.97 Å². The van der Waals surface area contributed by atoms with Crippen molar-refractivity contribution in [2.75, 3.05) is 18.0 Å². The van der Waals surface area contributed by atoms with Crippen LogP contribution in [0.1, 0.15) is 34.9 Å². The third-order valence-corrected chi connectivity index (χ3v) is 3.65. The lowest BCUT2D eigenvalue weighted by Gasteiger charge is -2.33. The van der Waals surface area contributed by atoms with Crippen molar-refractivity contribution < 1.29 is 13.9 Å². The summed E-state index contributed by atoms with van der Waals surface area (Å²) in [6.07, 6.45) is 3.13. The highest BCUT2D eigenvalue weighted by Gasteiger charge is 2.25. The highest BCUT2D eigenvalue weighted by atomic mass is 16.6. The summed E-state index contributed by atoms with van der Waals surface area (Å²) in [4.78, 5) is 22.9. The second-order valence-electron chi connectivity index (χ2n) is 5.51. The minimum Gasteiger partial charge on any atom is -0.457 e. The summed E-state index contributed by atoms with van der Waals surface area (Å²) in [5, 5.41) is 0. The zero-order valence-corrected chi connectivity index (χ0v) is 12.8. The van der Waals surface area contributed by atoms with Crippen molar-refractivity contribution in [3.05, 3.63) is 41.7 Å². The molecule has 0 radical (unpaired) electrons. The number of nitrogens with zero attached hydrogens (tertiary/aromatic N) is 3. The van der Waals surface area contributed by atoms with Gasteiger partial charge in [0.1, 0.15) is 17.7 Å². The van der Waals surface area contributed by atoms with E-state index in [1.807, 2.05) is 19.9 Å². The molecule has 6 nitrogen and oxygen atoms in total. The van der Waals surface area contributed by atoms with Gasteiger partial charge in [0.2, 0.25) is 5.76 Å². The summed E-state index contributed by atoms with van der Waals surface area (Å²) < 4.78 is 10.6. The molecule has 1 aliphatic heterocycles. The topological polar surface area (TPSA) is 68.5 Å². The molecule has 6 heteroatoms. The second kappa shape index (κ2) is 6.17. The smallest absolute Gasteiger partial charge is 0.374 e. The maximum atomic E-state index is 12.0. The first-order valence-corrected chi connectivity index (χ1v) is 7.43. The lowest BCUT2D eigenvalue weighted by molar-refractivity contribution is 0.0234.